The zero-order valence-electron chi connectivity index (χ0n) is 18.6. The van der Waals surface area contributed by atoms with Crippen LogP contribution in [0.25, 0.3) is 5.70 Å². The second-order valence-electron chi connectivity index (χ2n) is 7.39. The van der Waals surface area contributed by atoms with Crippen molar-refractivity contribution in [2.45, 2.75) is 38.0 Å². The standard InChI is InChI=1S/C20H29N5O8S/c1-12(23-16-7-8-18(20(28)29)32-19(16)17(27)9-10-26)24-33-22-11-14(21)13-5-3-4-6-15(13)25-34(2,30)31/h3-6,8,11,16-17,19,22,25-27H,7,9-10,21H2,1-2H3,(H,23,24)(H,28,29)/b14-11+. The lowest BCUT2D eigenvalue weighted by Crippen LogP contribution is -2.43. The van der Waals surface area contributed by atoms with Crippen LogP contribution in [-0.4, -0.2) is 66.7 Å². The molecule has 0 saturated carbocycles. The maximum Gasteiger partial charge on any atom is 0.370 e. The van der Waals surface area contributed by atoms with Crippen molar-refractivity contribution in [1.29, 1.82) is 0 Å². The molecule has 2 rings (SSSR count). The summed E-state index contributed by atoms with van der Waals surface area (Å²) < 4.78 is 30.8. The van der Waals surface area contributed by atoms with Gasteiger partial charge in [-0.05, 0) is 25.5 Å². The number of hydrogen-bond donors (Lipinski definition) is 7. The van der Waals surface area contributed by atoms with Crippen LogP contribution in [0.1, 0.15) is 25.3 Å². The molecule has 0 fully saturated rings. The number of aliphatic hydroxyl groups is 2. The number of para-hydroxylation sites is 1. The van der Waals surface area contributed by atoms with E-state index in [9.17, 15) is 18.3 Å². The zero-order valence-corrected chi connectivity index (χ0v) is 19.4. The average Bonchev–Trinajstić information content (AvgIpc) is 2.76. The van der Waals surface area contributed by atoms with Crippen molar-refractivity contribution in [3.63, 3.8) is 0 Å². The maximum absolute atomic E-state index is 11.5. The predicted octanol–water partition coefficient (Wildman–Crippen LogP) is -0.371. The van der Waals surface area contributed by atoms with E-state index in [4.69, 9.17) is 25.6 Å². The van der Waals surface area contributed by atoms with Crippen LogP contribution < -0.4 is 21.4 Å². The Bertz CT molecular complexity index is 1060. The van der Waals surface area contributed by atoms with Crippen LogP contribution in [0.4, 0.5) is 5.69 Å². The van der Waals surface area contributed by atoms with Crippen LogP contribution in [0.15, 0.2) is 47.3 Å². The third-order valence-corrected chi connectivity index (χ3v) is 5.16. The number of nitrogens with zero attached hydrogens (tertiary/aromatic N) is 1. The summed E-state index contributed by atoms with van der Waals surface area (Å²) in [5.41, 5.74) is 11.9. The van der Waals surface area contributed by atoms with E-state index in [1.54, 1.807) is 31.2 Å². The monoisotopic (exact) mass is 499 g/mol. The summed E-state index contributed by atoms with van der Waals surface area (Å²) in [6, 6.07) is 5.91. The summed E-state index contributed by atoms with van der Waals surface area (Å²) in [4.78, 5) is 20.6. The Kier molecular flexibility index (Phi) is 9.68. The number of benzene rings is 1. The molecule has 3 unspecified atom stereocenters. The van der Waals surface area contributed by atoms with E-state index in [-0.39, 0.29) is 36.7 Å². The van der Waals surface area contributed by atoms with Crippen LogP contribution in [-0.2, 0) is 24.5 Å². The lowest BCUT2D eigenvalue weighted by molar-refractivity contribution is -0.140. The quantitative estimate of drug-likeness (QED) is 0.0905. The van der Waals surface area contributed by atoms with E-state index >= 15 is 0 Å². The highest BCUT2D eigenvalue weighted by molar-refractivity contribution is 7.92. The smallest absolute Gasteiger partial charge is 0.370 e. The summed E-state index contributed by atoms with van der Waals surface area (Å²) >= 11 is 0. The Morgan fingerprint density at radius 2 is 2.12 bits per heavy atom. The Balaban J connectivity index is 2.01. The molecule has 13 nitrogen and oxygen atoms in total. The number of aliphatic hydroxyl groups excluding tert-OH is 2. The largest absolute Gasteiger partial charge is 0.478 e. The molecule has 3 atom stereocenters. The molecule has 34 heavy (non-hydrogen) atoms. The fourth-order valence-corrected chi connectivity index (χ4v) is 3.68. The van der Waals surface area contributed by atoms with Gasteiger partial charge >= 0.3 is 5.97 Å². The van der Waals surface area contributed by atoms with E-state index in [2.05, 4.69) is 20.7 Å². The van der Waals surface area contributed by atoms with Gasteiger partial charge in [0.05, 0.1) is 36.0 Å². The van der Waals surface area contributed by atoms with Crippen molar-refractivity contribution in [2.75, 3.05) is 17.6 Å². The number of hydrogen-bond acceptors (Lipinski definition) is 10. The number of carbonyl (C=O) groups is 1. The van der Waals surface area contributed by atoms with E-state index < -0.39 is 34.2 Å². The molecule has 0 aliphatic carbocycles. The number of sulfonamides is 1. The van der Waals surface area contributed by atoms with E-state index in [1.165, 1.54) is 12.3 Å². The Morgan fingerprint density at radius 1 is 1.41 bits per heavy atom. The van der Waals surface area contributed by atoms with Gasteiger partial charge in [0.25, 0.3) is 0 Å². The SMILES string of the molecule is CC(=NC1CC=C(C(=O)O)OC1C(O)CCO)NON/C=C(/N)c1ccccc1NS(C)(=O)=O. The Morgan fingerprint density at radius 3 is 2.76 bits per heavy atom. The molecule has 0 radical (unpaired) electrons. The number of nitrogens with one attached hydrogen (secondary N) is 3. The number of anilines is 1. The Labute approximate surface area is 196 Å². The van der Waals surface area contributed by atoms with Crippen molar-refractivity contribution in [1.82, 2.24) is 11.0 Å². The molecule has 0 saturated heterocycles. The molecule has 188 valence electrons. The fraction of sp³-hybridized carbons (Fsp3) is 0.400. The molecule has 1 aromatic rings. The third kappa shape index (κ3) is 8.22. The number of carboxylic acid groups (broad SMARTS) is 1. The average molecular weight is 500 g/mol. The second kappa shape index (κ2) is 12.2. The van der Waals surface area contributed by atoms with Crippen molar-refractivity contribution in [3.05, 3.63) is 47.9 Å². The summed E-state index contributed by atoms with van der Waals surface area (Å²) in [5, 5.41) is 28.4. The van der Waals surface area contributed by atoms with Gasteiger partial charge in [-0.15, -0.1) is 0 Å². The highest BCUT2D eigenvalue weighted by Crippen LogP contribution is 2.24. The van der Waals surface area contributed by atoms with Gasteiger partial charge in [-0.3, -0.25) is 9.71 Å². The van der Waals surface area contributed by atoms with E-state index in [0.29, 0.717) is 11.3 Å². The zero-order chi connectivity index (χ0) is 25.3. The van der Waals surface area contributed by atoms with Gasteiger partial charge in [-0.25, -0.2) is 24.2 Å². The van der Waals surface area contributed by atoms with Gasteiger partial charge in [-0.1, -0.05) is 18.2 Å². The number of aliphatic carboxylic acids is 1. The molecule has 0 bridgehead atoms. The van der Waals surface area contributed by atoms with Gasteiger partial charge in [-0.2, -0.15) is 4.94 Å². The number of amidine groups is 1. The molecule has 0 amide bonds. The minimum atomic E-state index is -3.50. The number of rotatable bonds is 11. The number of nitrogens with two attached hydrogens (primary N) is 1. The molecule has 14 heteroatoms. The van der Waals surface area contributed by atoms with Gasteiger partial charge in [0.15, 0.2) is 0 Å². The topological polar surface area (TPSA) is 205 Å². The van der Waals surface area contributed by atoms with Crippen LogP contribution in [0.2, 0.25) is 0 Å². The van der Waals surface area contributed by atoms with Crippen molar-refractivity contribution >= 4 is 33.2 Å². The minimum Gasteiger partial charge on any atom is -0.478 e. The maximum atomic E-state index is 11.5. The van der Waals surface area contributed by atoms with Crippen molar-refractivity contribution < 1.29 is 38.2 Å². The number of carboxylic acids is 1. The van der Waals surface area contributed by atoms with Crippen LogP contribution in [0.3, 0.4) is 0 Å². The fourth-order valence-electron chi connectivity index (χ4n) is 3.10. The lowest BCUT2D eigenvalue weighted by atomic mass is 9.98. The van der Waals surface area contributed by atoms with Crippen molar-refractivity contribution in [2.24, 2.45) is 10.7 Å². The minimum absolute atomic E-state index is 0.00610. The van der Waals surface area contributed by atoms with E-state index in [1.807, 2.05) is 0 Å². The van der Waals surface area contributed by atoms with E-state index in [0.717, 1.165) is 6.26 Å². The predicted molar refractivity (Wildman–Crippen MR) is 124 cm³/mol. The van der Waals surface area contributed by atoms with Crippen molar-refractivity contribution in [3.8, 4) is 0 Å². The first-order chi connectivity index (χ1) is 16.0. The first-order valence-electron chi connectivity index (χ1n) is 10.2. The number of ether oxygens (including phenoxy) is 1. The molecule has 0 spiro atoms. The highest BCUT2D eigenvalue weighted by atomic mass is 32.2. The highest BCUT2D eigenvalue weighted by Gasteiger charge is 2.35. The summed E-state index contributed by atoms with van der Waals surface area (Å²) in [5.74, 6) is -1.27. The summed E-state index contributed by atoms with van der Waals surface area (Å²) in [6.45, 7) is 1.27. The van der Waals surface area contributed by atoms with Crippen LogP contribution >= 0.6 is 0 Å². The second-order valence-corrected chi connectivity index (χ2v) is 9.14. The third-order valence-electron chi connectivity index (χ3n) is 4.57. The Hall–Kier alpha value is -3.33. The van der Waals surface area contributed by atoms with Gasteiger partial charge in [0.1, 0.15) is 11.9 Å². The molecule has 1 aliphatic rings. The molecular weight excluding hydrogens is 470 g/mol. The molecule has 1 heterocycles. The molecule has 1 aromatic carbocycles. The number of hydroxylamine groups is 2. The first kappa shape index (κ1) is 26.9. The van der Waals surface area contributed by atoms with Crippen LogP contribution in [0.5, 0.6) is 0 Å². The summed E-state index contributed by atoms with van der Waals surface area (Å²) in [7, 11) is -3.50. The number of aliphatic imine (C=N–C) groups is 1. The first-order valence-corrected chi connectivity index (χ1v) is 12.0. The van der Waals surface area contributed by atoms with Gasteiger partial charge in [0, 0.05) is 18.6 Å². The molecular formula is C20H29N5O8S. The van der Waals surface area contributed by atoms with Gasteiger partial charge in [0.2, 0.25) is 15.8 Å². The summed E-state index contributed by atoms with van der Waals surface area (Å²) in [6.07, 6.45) is 1.77. The van der Waals surface area contributed by atoms with Gasteiger partial charge < -0.3 is 25.8 Å². The molecule has 1 aliphatic heterocycles. The molecule has 8 N–H and O–H groups in total. The lowest BCUT2D eigenvalue weighted by Gasteiger charge is -2.32. The molecule has 0 aromatic heterocycles. The van der Waals surface area contributed by atoms with Crippen LogP contribution in [0, 0.1) is 0 Å². The normalized spacial score (nSPS) is 20.1.